The first-order chi connectivity index (χ1) is 6.66. The highest BCUT2D eigenvalue weighted by Gasteiger charge is 2.08. The van der Waals surface area contributed by atoms with Crippen molar-refractivity contribution in [2.75, 3.05) is 0 Å². The summed E-state index contributed by atoms with van der Waals surface area (Å²) in [5.41, 5.74) is 1.09. The molecule has 0 saturated carbocycles. The summed E-state index contributed by atoms with van der Waals surface area (Å²) in [4.78, 5) is 4.12. The number of halogens is 3. The lowest BCUT2D eigenvalue weighted by molar-refractivity contribution is 0.631. The Bertz CT molecular complexity index is 472. The van der Waals surface area contributed by atoms with Crippen LogP contribution >= 0.6 is 38.9 Å². The first kappa shape index (κ1) is 10.1. The molecule has 0 unspecified atom stereocenters. The van der Waals surface area contributed by atoms with Gasteiger partial charge in [-0.3, -0.25) is 0 Å². The van der Waals surface area contributed by atoms with E-state index in [0.717, 1.165) is 3.92 Å². The molecule has 1 aromatic carbocycles. The van der Waals surface area contributed by atoms with Crippen LogP contribution in [0.5, 0.6) is 0 Å². The summed E-state index contributed by atoms with van der Waals surface area (Å²) in [7, 11) is 0. The van der Waals surface area contributed by atoms with Gasteiger partial charge in [0, 0.05) is 16.0 Å². The van der Waals surface area contributed by atoms with E-state index in [4.69, 9.17) is 11.6 Å². The monoisotopic (exact) mass is 291 g/mol. The summed E-state index contributed by atoms with van der Waals surface area (Å²) in [5.74, 6) is -0.352. The Morgan fingerprint density at radius 1 is 1.43 bits per heavy atom. The molecule has 0 aliphatic rings. The first-order valence-corrected chi connectivity index (χ1v) is 5.78. The van der Waals surface area contributed by atoms with Gasteiger partial charge < -0.3 is 0 Å². The van der Waals surface area contributed by atoms with Crippen molar-refractivity contribution in [3.05, 3.63) is 38.3 Å². The Morgan fingerprint density at radius 2 is 2.21 bits per heavy atom. The van der Waals surface area contributed by atoms with Gasteiger partial charge in [0.15, 0.2) is 3.92 Å². The van der Waals surface area contributed by atoms with Crippen LogP contribution in [0.25, 0.3) is 11.3 Å². The number of nitrogens with zero attached hydrogens (tertiary/aromatic N) is 1. The van der Waals surface area contributed by atoms with Crippen LogP contribution in [-0.4, -0.2) is 4.98 Å². The molecule has 0 aliphatic heterocycles. The number of benzene rings is 1. The minimum absolute atomic E-state index is 0.352. The van der Waals surface area contributed by atoms with Gasteiger partial charge in [-0.1, -0.05) is 11.6 Å². The summed E-state index contributed by atoms with van der Waals surface area (Å²) >= 11 is 10.3. The van der Waals surface area contributed by atoms with Crippen molar-refractivity contribution < 1.29 is 4.39 Å². The number of aromatic nitrogens is 1. The maximum absolute atomic E-state index is 13.4. The van der Waals surface area contributed by atoms with Gasteiger partial charge in [-0.15, -0.1) is 11.3 Å². The third kappa shape index (κ3) is 1.97. The molecule has 1 aromatic heterocycles. The molecule has 0 saturated heterocycles. The Balaban J connectivity index is 2.52. The molecule has 0 aliphatic carbocycles. The molecule has 0 fully saturated rings. The summed E-state index contributed by atoms with van der Waals surface area (Å²) in [5, 5.41) is 2.18. The van der Waals surface area contributed by atoms with E-state index >= 15 is 0 Å². The fourth-order valence-electron chi connectivity index (χ4n) is 1.07. The van der Waals surface area contributed by atoms with Gasteiger partial charge in [0.2, 0.25) is 0 Å². The fraction of sp³-hybridized carbons (Fsp3) is 0. The number of thiazole rings is 1. The van der Waals surface area contributed by atoms with Crippen molar-refractivity contribution in [2.24, 2.45) is 0 Å². The van der Waals surface area contributed by atoms with Crippen LogP contribution < -0.4 is 0 Å². The number of hydrogen-bond donors (Lipinski definition) is 0. The first-order valence-electron chi connectivity index (χ1n) is 3.73. The molecular weight excluding hydrogens is 289 g/mol. The third-order valence-electron chi connectivity index (χ3n) is 1.68. The highest BCUT2D eigenvalue weighted by Crippen LogP contribution is 2.28. The van der Waals surface area contributed by atoms with Crippen molar-refractivity contribution >= 4 is 38.9 Å². The molecule has 0 N–H and O–H groups in total. The van der Waals surface area contributed by atoms with Crippen molar-refractivity contribution in [1.29, 1.82) is 0 Å². The standard InChI is InChI=1S/C9H4BrClFNS/c10-9-13-8(4-14-9)6-2-1-5(11)3-7(6)12/h1-4H. The van der Waals surface area contributed by atoms with Crippen LogP contribution in [-0.2, 0) is 0 Å². The summed E-state index contributed by atoms with van der Waals surface area (Å²) in [6.07, 6.45) is 0. The molecular formula is C9H4BrClFNS. The lowest BCUT2D eigenvalue weighted by Gasteiger charge is -1.98. The molecule has 72 valence electrons. The Hall–Kier alpha value is -0.450. The van der Waals surface area contributed by atoms with E-state index in [9.17, 15) is 4.39 Å². The Labute approximate surface area is 97.7 Å². The second kappa shape index (κ2) is 3.96. The number of rotatable bonds is 1. The zero-order chi connectivity index (χ0) is 10.1. The van der Waals surface area contributed by atoms with E-state index in [1.807, 2.05) is 0 Å². The van der Waals surface area contributed by atoms with Gasteiger partial charge in [0.05, 0.1) is 5.69 Å². The van der Waals surface area contributed by atoms with E-state index in [1.54, 1.807) is 17.5 Å². The van der Waals surface area contributed by atoms with Crippen LogP contribution in [0.15, 0.2) is 27.5 Å². The summed E-state index contributed by atoms with van der Waals surface area (Å²) < 4.78 is 14.1. The van der Waals surface area contributed by atoms with Gasteiger partial charge in [-0.05, 0) is 34.1 Å². The minimum Gasteiger partial charge on any atom is -0.229 e. The van der Waals surface area contributed by atoms with Crippen molar-refractivity contribution in [1.82, 2.24) is 4.98 Å². The van der Waals surface area contributed by atoms with Crippen molar-refractivity contribution in [3.63, 3.8) is 0 Å². The fourth-order valence-corrected chi connectivity index (χ4v) is 2.24. The average molecular weight is 293 g/mol. The van der Waals surface area contributed by atoms with E-state index in [2.05, 4.69) is 20.9 Å². The average Bonchev–Trinajstić information content (AvgIpc) is 2.51. The highest BCUT2D eigenvalue weighted by atomic mass is 79.9. The van der Waals surface area contributed by atoms with Crippen LogP contribution in [0.3, 0.4) is 0 Å². The molecule has 0 amide bonds. The molecule has 2 aromatic rings. The second-order valence-electron chi connectivity index (χ2n) is 2.61. The van der Waals surface area contributed by atoms with Gasteiger partial charge in [0.1, 0.15) is 5.82 Å². The largest absolute Gasteiger partial charge is 0.229 e. The van der Waals surface area contributed by atoms with Crippen LogP contribution in [0, 0.1) is 5.82 Å². The molecule has 0 atom stereocenters. The summed E-state index contributed by atoms with van der Waals surface area (Å²) in [6.45, 7) is 0. The Kier molecular flexibility index (Phi) is 2.85. The molecule has 0 bridgehead atoms. The maximum atomic E-state index is 13.4. The quantitative estimate of drug-likeness (QED) is 0.761. The van der Waals surface area contributed by atoms with E-state index in [1.165, 1.54) is 17.4 Å². The van der Waals surface area contributed by atoms with Crippen LogP contribution in [0.1, 0.15) is 0 Å². The van der Waals surface area contributed by atoms with Crippen molar-refractivity contribution in [2.45, 2.75) is 0 Å². The second-order valence-corrected chi connectivity index (χ2v) is 5.18. The molecule has 1 nitrogen and oxygen atoms in total. The molecule has 0 spiro atoms. The third-order valence-corrected chi connectivity index (χ3v) is 3.28. The van der Waals surface area contributed by atoms with Crippen molar-refractivity contribution in [3.8, 4) is 11.3 Å². The predicted molar refractivity (Wildman–Crippen MR) is 60.2 cm³/mol. The van der Waals surface area contributed by atoms with Gasteiger partial charge in [-0.25, -0.2) is 9.37 Å². The van der Waals surface area contributed by atoms with Gasteiger partial charge in [-0.2, -0.15) is 0 Å². The Morgan fingerprint density at radius 3 is 2.79 bits per heavy atom. The maximum Gasteiger partial charge on any atom is 0.159 e. The SMILES string of the molecule is Fc1cc(Cl)ccc1-c1csc(Br)n1. The molecule has 1 heterocycles. The lowest BCUT2D eigenvalue weighted by atomic mass is 10.2. The van der Waals surface area contributed by atoms with Gasteiger partial charge in [0.25, 0.3) is 0 Å². The molecule has 5 heteroatoms. The predicted octanol–water partition coefficient (Wildman–Crippen LogP) is 4.37. The van der Waals surface area contributed by atoms with Gasteiger partial charge >= 0.3 is 0 Å². The van der Waals surface area contributed by atoms with E-state index in [0.29, 0.717) is 16.3 Å². The normalized spacial score (nSPS) is 10.5. The highest BCUT2D eigenvalue weighted by molar-refractivity contribution is 9.11. The van der Waals surface area contributed by atoms with Crippen LogP contribution in [0.2, 0.25) is 5.02 Å². The minimum atomic E-state index is -0.352. The topological polar surface area (TPSA) is 12.9 Å². The zero-order valence-corrected chi connectivity index (χ0v) is 9.96. The van der Waals surface area contributed by atoms with E-state index < -0.39 is 0 Å². The smallest absolute Gasteiger partial charge is 0.159 e. The molecule has 0 radical (unpaired) electrons. The lowest BCUT2D eigenvalue weighted by Crippen LogP contribution is -1.83. The molecule has 14 heavy (non-hydrogen) atoms. The van der Waals surface area contributed by atoms with E-state index in [-0.39, 0.29) is 5.82 Å². The number of hydrogen-bond acceptors (Lipinski definition) is 2. The summed E-state index contributed by atoms with van der Waals surface area (Å²) in [6, 6.07) is 4.55. The molecule has 2 rings (SSSR count). The van der Waals surface area contributed by atoms with Crippen LogP contribution in [0.4, 0.5) is 4.39 Å². The zero-order valence-electron chi connectivity index (χ0n) is 6.80.